The summed E-state index contributed by atoms with van der Waals surface area (Å²) in [6.07, 6.45) is 2.94. The Balaban J connectivity index is 2.63. The topological polar surface area (TPSA) is 54.0 Å². The number of rotatable bonds is 1. The van der Waals surface area contributed by atoms with E-state index in [2.05, 4.69) is 0 Å². The molecule has 0 bridgehead atoms. The molecular formula is C5H9O3S. The van der Waals surface area contributed by atoms with Crippen LogP contribution in [0, 0.1) is 0 Å². The van der Waals surface area contributed by atoms with E-state index < -0.39 is 15.4 Å². The largest absolute Gasteiger partial charge is 0.297 e. The van der Waals surface area contributed by atoms with Gasteiger partial charge < -0.3 is 0 Å². The molecule has 0 aliphatic heterocycles. The van der Waals surface area contributed by atoms with Crippen molar-refractivity contribution in [2.45, 2.75) is 30.9 Å². The van der Waals surface area contributed by atoms with Crippen molar-refractivity contribution in [2.24, 2.45) is 0 Å². The van der Waals surface area contributed by atoms with Crippen LogP contribution in [0.1, 0.15) is 25.7 Å². The molecule has 1 saturated carbocycles. The van der Waals surface area contributed by atoms with Crippen LogP contribution in [0.5, 0.6) is 0 Å². The maximum Gasteiger partial charge on any atom is 0.297 e. The first-order valence-corrected chi connectivity index (χ1v) is 4.52. The zero-order valence-corrected chi connectivity index (χ0v) is 5.86. The van der Waals surface area contributed by atoms with Crippen LogP contribution in [0.4, 0.5) is 0 Å². The van der Waals surface area contributed by atoms with Crippen molar-refractivity contribution in [3.63, 3.8) is 0 Å². The highest BCUT2D eigenvalue weighted by Crippen LogP contribution is 2.23. The zero-order valence-electron chi connectivity index (χ0n) is 5.04. The van der Waals surface area contributed by atoms with Crippen molar-refractivity contribution >= 4 is 10.1 Å². The average Bonchev–Trinajstić information content (AvgIpc) is 2.08. The van der Waals surface area contributed by atoms with Crippen LogP contribution < -0.4 is 0 Å². The van der Waals surface area contributed by atoms with E-state index in [9.17, 15) is 13.0 Å². The van der Waals surface area contributed by atoms with Gasteiger partial charge in [-0.1, -0.05) is 17.4 Å². The summed E-state index contributed by atoms with van der Waals surface area (Å²) in [5, 5.41) is -0.572. The van der Waals surface area contributed by atoms with Crippen LogP contribution in [0.3, 0.4) is 0 Å². The molecule has 3 nitrogen and oxygen atoms in total. The van der Waals surface area contributed by atoms with Gasteiger partial charge in [-0.05, 0) is 12.8 Å². The minimum atomic E-state index is -3.95. The molecule has 9 heavy (non-hydrogen) atoms. The second-order valence-electron chi connectivity index (χ2n) is 2.40. The molecule has 0 aromatic rings. The Morgan fingerprint density at radius 3 is 1.78 bits per heavy atom. The van der Waals surface area contributed by atoms with Crippen LogP contribution >= 0.6 is 0 Å². The molecule has 0 aromatic carbocycles. The third-order valence-corrected chi connectivity index (χ3v) is 3.00. The first kappa shape index (κ1) is 7.02. The van der Waals surface area contributed by atoms with Crippen molar-refractivity contribution in [1.82, 2.24) is 0 Å². The summed E-state index contributed by atoms with van der Waals surface area (Å²) in [6.45, 7) is 0. The first-order chi connectivity index (χ1) is 4.11. The molecule has 0 amide bonds. The van der Waals surface area contributed by atoms with Crippen molar-refractivity contribution < 1.29 is 13.0 Å². The van der Waals surface area contributed by atoms with Gasteiger partial charge in [0.25, 0.3) is 10.1 Å². The van der Waals surface area contributed by atoms with E-state index in [0.717, 1.165) is 12.8 Å². The molecule has 0 saturated heterocycles. The van der Waals surface area contributed by atoms with Gasteiger partial charge in [0.05, 0.1) is 5.25 Å². The molecule has 53 valence electrons. The lowest BCUT2D eigenvalue weighted by Crippen LogP contribution is -2.14. The molecule has 0 spiro atoms. The predicted molar refractivity (Wildman–Crippen MR) is 31.9 cm³/mol. The second kappa shape index (κ2) is 2.27. The summed E-state index contributed by atoms with van der Waals surface area (Å²) >= 11 is 0. The van der Waals surface area contributed by atoms with E-state index in [1.165, 1.54) is 0 Å². The Kier molecular flexibility index (Phi) is 1.77. The quantitative estimate of drug-likeness (QED) is 0.550. The van der Waals surface area contributed by atoms with Crippen LogP contribution in [-0.2, 0) is 14.7 Å². The predicted octanol–water partition coefficient (Wildman–Crippen LogP) is 0.689. The Morgan fingerprint density at radius 1 is 1.11 bits per heavy atom. The summed E-state index contributed by atoms with van der Waals surface area (Å²) < 4.78 is 30.8. The minimum Gasteiger partial charge on any atom is -0.197 e. The molecular weight excluding hydrogens is 140 g/mol. The second-order valence-corrected chi connectivity index (χ2v) is 4.05. The standard InChI is InChI=1S/C5H9O3S/c6-9(7,8)5-3-1-2-4-5/h5H,1-4H2. The highest BCUT2D eigenvalue weighted by Gasteiger charge is 2.27. The maximum absolute atomic E-state index is 10.3. The molecule has 1 aliphatic rings. The van der Waals surface area contributed by atoms with E-state index in [4.69, 9.17) is 0 Å². The fraction of sp³-hybridized carbons (Fsp3) is 1.00. The Bertz CT molecular complexity index is 176. The lowest BCUT2D eigenvalue weighted by molar-refractivity contribution is 0.402. The van der Waals surface area contributed by atoms with Gasteiger partial charge in [0.2, 0.25) is 0 Å². The van der Waals surface area contributed by atoms with E-state index in [1.807, 2.05) is 0 Å². The van der Waals surface area contributed by atoms with E-state index in [1.54, 1.807) is 0 Å². The van der Waals surface area contributed by atoms with Gasteiger partial charge in [-0.3, -0.25) is 0 Å². The molecule has 0 N–H and O–H groups in total. The van der Waals surface area contributed by atoms with E-state index in [0.29, 0.717) is 12.8 Å². The summed E-state index contributed by atoms with van der Waals surface area (Å²) in [7, 11) is -3.95. The average molecular weight is 149 g/mol. The lowest BCUT2D eigenvalue weighted by Gasteiger charge is -1.99. The Hall–Kier alpha value is -0.0900. The van der Waals surface area contributed by atoms with Gasteiger partial charge in [0.15, 0.2) is 0 Å². The Morgan fingerprint density at radius 2 is 1.56 bits per heavy atom. The molecule has 1 rings (SSSR count). The number of hydrogen-bond acceptors (Lipinski definition) is 2. The Labute approximate surface area is 54.8 Å². The van der Waals surface area contributed by atoms with Crippen molar-refractivity contribution in [2.75, 3.05) is 0 Å². The smallest absolute Gasteiger partial charge is 0.197 e. The first-order valence-electron chi connectivity index (χ1n) is 3.05. The molecule has 0 atom stereocenters. The summed E-state index contributed by atoms with van der Waals surface area (Å²) in [5.74, 6) is 0. The molecule has 4 heteroatoms. The summed E-state index contributed by atoms with van der Waals surface area (Å²) in [4.78, 5) is 0. The fourth-order valence-electron chi connectivity index (χ4n) is 1.18. The van der Waals surface area contributed by atoms with Gasteiger partial charge in [-0.25, -0.2) is 0 Å². The van der Waals surface area contributed by atoms with Gasteiger partial charge in [-0.2, -0.15) is 8.42 Å². The van der Waals surface area contributed by atoms with Crippen LogP contribution in [0.25, 0.3) is 0 Å². The SMILES string of the molecule is [O]S(=O)(=O)C1CCCC1. The van der Waals surface area contributed by atoms with Gasteiger partial charge in [0, 0.05) is 0 Å². The van der Waals surface area contributed by atoms with Crippen LogP contribution in [-0.4, -0.2) is 13.7 Å². The zero-order chi connectivity index (χ0) is 6.91. The molecule has 0 heterocycles. The van der Waals surface area contributed by atoms with Gasteiger partial charge >= 0.3 is 0 Å². The van der Waals surface area contributed by atoms with Crippen LogP contribution in [0.2, 0.25) is 0 Å². The third-order valence-electron chi connectivity index (χ3n) is 1.71. The highest BCUT2D eigenvalue weighted by molar-refractivity contribution is 7.86. The fourth-order valence-corrected chi connectivity index (χ4v) is 2.09. The normalized spacial score (nSPS) is 22.8. The number of hydrogen-bond donors (Lipinski definition) is 0. The summed E-state index contributed by atoms with van der Waals surface area (Å²) in [6, 6.07) is 0. The van der Waals surface area contributed by atoms with Crippen molar-refractivity contribution in [3.05, 3.63) is 0 Å². The lowest BCUT2D eigenvalue weighted by atomic mass is 10.4. The molecule has 1 radical (unpaired) electrons. The van der Waals surface area contributed by atoms with Crippen molar-refractivity contribution in [1.29, 1.82) is 0 Å². The minimum absolute atomic E-state index is 0.572. The maximum atomic E-state index is 10.3. The van der Waals surface area contributed by atoms with Crippen LogP contribution in [0.15, 0.2) is 0 Å². The molecule has 0 unspecified atom stereocenters. The molecule has 1 fully saturated rings. The van der Waals surface area contributed by atoms with Gasteiger partial charge in [0.1, 0.15) is 0 Å². The monoisotopic (exact) mass is 149 g/mol. The molecule has 0 aromatic heterocycles. The summed E-state index contributed by atoms with van der Waals surface area (Å²) in [5.41, 5.74) is 0. The van der Waals surface area contributed by atoms with Crippen molar-refractivity contribution in [3.8, 4) is 0 Å². The van der Waals surface area contributed by atoms with Gasteiger partial charge in [-0.15, -0.1) is 0 Å². The third kappa shape index (κ3) is 1.66. The van der Waals surface area contributed by atoms with E-state index in [-0.39, 0.29) is 0 Å². The van der Waals surface area contributed by atoms with E-state index >= 15 is 0 Å². The highest BCUT2D eigenvalue weighted by atomic mass is 32.2. The molecule has 1 aliphatic carbocycles.